The average Bonchev–Trinajstić information content (AvgIpc) is 3.00. The number of nitrogens with zero attached hydrogens (tertiary/aromatic N) is 1. The predicted octanol–water partition coefficient (Wildman–Crippen LogP) is 3.67. The van der Waals surface area contributed by atoms with Gasteiger partial charge in [0.1, 0.15) is 0 Å². The summed E-state index contributed by atoms with van der Waals surface area (Å²) in [6, 6.07) is 2.40. The van der Waals surface area contributed by atoms with Gasteiger partial charge in [-0.05, 0) is 66.3 Å². The van der Waals surface area contributed by atoms with Crippen LogP contribution in [0.2, 0.25) is 0 Å². The number of hydrogen-bond acceptors (Lipinski definition) is 3. The van der Waals surface area contributed by atoms with Crippen molar-refractivity contribution in [2.45, 2.75) is 39.7 Å². The van der Waals surface area contributed by atoms with Crippen LogP contribution in [0.4, 0.5) is 0 Å². The maximum atomic E-state index is 12.2. The zero-order chi connectivity index (χ0) is 14.7. The van der Waals surface area contributed by atoms with E-state index in [1.54, 1.807) is 0 Å². The third kappa shape index (κ3) is 3.83. The molecule has 3 nitrogen and oxygen atoms in total. The number of nitrogens with one attached hydrogen (secondary N) is 1. The number of amides is 1. The highest BCUT2D eigenvalue weighted by Gasteiger charge is 2.25. The molecule has 0 aromatic carbocycles. The number of halogens is 1. The summed E-state index contributed by atoms with van der Waals surface area (Å²) in [5.74, 6) is 0.610. The Morgan fingerprint density at radius 1 is 1.45 bits per heavy atom. The molecular weight excluding hydrogens is 336 g/mol. The zero-order valence-electron chi connectivity index (χ0n) is 12.4. The van der Waals surface area contributed by atoms with Gasteiger partial charge in [0.2, 0.25) is 0 Å². The molecule has 2 rings (SSSR count). The largest absolute Gasteiger partial charge is 0.350 e. The molecule has 1 aromatic rings. The number of aryl methyl sites for hydroxylation is 1. The Kier molecular flexibility index (Phi) is 5.64. The van der Waals surface area contributed by atoms with Crippen molar-refractivity contribution < 1.29 is 4.79 Å². The van der Waals surface area contributed by atoms with Gasteiger partial charge in [0, 0.05) is 12.6 Å². The van der Waals surface area contributed by atoms with Crippen molar-refractivity contribution in [1.29, 1.82) is 0 Å². The summed E-state index contributed by atoms with van der Waals surface area (Å²) < 4.78 is 1.04. The van der Waals surface area contributed by atoms with E-state index in [0.717, 1.165) is 20.8 Å². The minimum absolute atomic E-state index is 0.0497. The second kappa shape index (κ2) is 7.05. The van der Waals surface area contributed by atoms with Crippen molar-refractivity contribution in [3.63, 3.8) is 0 Å². The van der Waals surface area contributed by atoms with E-state index in [2.05, 4.69) is 40.0 Å². The molecule has 1 aromatic heterocycles. The van der Waals surface area contributed by atoms with Gasteiger partial charge in [0.15, 0.2) is 0 Å². The molecule has 1 fully saturated rings. The zero-order valence-corrected chi connectivity index (χ0v) is 14.8. The summed E-state index contributed by atoms with van der Waals surface area (Å²) in [5.41, 5.74) is 1.13. The lowest BCUT2D eigenvalue weighted by Gasteiger charge is -2.30. The highest BCUT2D eigenvalue weighted by atomic mass is 79.9. The molecule has 1 unspecified atom stereocenters. The van der Waals surface area contributed by atoms with Crippen LogP contribution in [0.25, 0.3) is 0 Å². The predicted molar refractivity (Wildman–Crippen MR) is 88.5 cm³/mol. The van der Waals surface area contributed by atoms with Crippen molar-refractivity contribution in [3.05, 3.63) is 20.3 Å². The van der Waals surface area contributed by atoms with Gasteiger partial charge < -0.3 is 5.32 Å². The Bertz CT molecular complexity index is 447. The van der Waals surface area contributed by atoms with E-state index < -0.39 is 0 Å². The molecule has 0 spiro atoms. The topological polar surface area (TPSA) is 32.3 Å². The fraction of sp³-hybridized carbons (Fsp3) is 0.667. The number of likely N-dealkylation sites (tertiary alicyclic amines) is 1. The lowest BCUT2D eigenvalue weighted by Crippen LogP contribution is -2.45. The van der Waals surface area contributed by atoms with Gasteiger partial charge in [-0.25, -0.2) is 0 Å². The molecule has 1 N–H and O–H groups in total. The molecule has 1 saturated heterocycles. The van der Waals surface area contributed by atoms with Gasteiger partial charge in [-0.3, -0.25) is 9.69 Å². The first-order valence-corrected chi connectivity index (χ1v) is 8.88. The van der Waals surface area contributed by atoms with Crippen LogP contribution in [0, 0.1) is 12.8 Å². The van der Waals surface area contributed by atoms with Crippen LogP contribution < -0.4 is 5.32 Å². The van der Waals surface area contributed by atoms with E-state index in [-0.39, 0.29) is 5.91 Å². The first kappa shape index (κ1) is 16.0. The van der Waals surface area contributed by atoms with E-state index in [4.69, 9.17) is 0 Å². The SMILES string of the molecule is Cc1cc(C(=O)NCC(C(C)C)N2CCCC2)sc1Br. The maximum Gasteiger partial charge on any atom is 0.261 e. The minimum atomic E-state index is 0.0497. The Hall–Kier alpha value is -0.390. The molecule has 1 amide bonds. The Morgan fingerprint density at radius 2 is 2.10 bits per heavy atom. The minimum Gasteiger partial charge on any atom is -0.350 e. The molecule has 112 valence electrons. The summed E-state index contributed by atoms with van der Waals surface area (Å²) >= 11 is 4.98. The first-order chi connectivity index (χ1) is 9.49. The molecule has 5 heteroatoms. The molecule has 0 radical (unpaired) electrons. The molecule has 0 aliphatic carbocycles. The molecular formula is C15H23BrN2OS. The third-order valence-electron chi connectivity index (χ3n) is 3.93. The summed E-state index contributed by atoms with van der Waals surface area (Å²) in [6.07, 6.45) is 2.57. The number of carbonyl (C=O) groups is 1. The van der Waals surface area contributed by atoms with Crippen LogP contribution in [-0.2, 0) is 0 Å². The molecule has 1 aliphatic heterocycles. The number of hydrogen-bond donors (Lipinski definition) is 1. The summed E-state index contributed by atoms with van der Waals surface area (Å²) in [4.78, 5) is 15.5. The van der Waals surface area contributed by atoms with Gasteiger partial charge in [-0.1, -0.05) is 13.8 Å². The maximum absolute atomic E-state index is 12.2. The summed E-state index contributed by atoms with van der Waals surface area (Å²) in [5, 5.41) is 3.11. The van der Waals surface area contributed by atoms with Crippen molar-refractivity contribution in [2.75, 3.05) is 19.6 Å². The normalized spacial score (nSPS) is 17.6. The average molecular weight is 359 g/mol. The lowest BCUT2D eigenvalue weighted by atomic mass is 10.0. The van der Waals surface area contributed by atoms with Crippen LogP contribution in [0.3, 0.4) is 0 Å². The Morgan fingerprint density at radius 3 is 2.60 bits per heavy atom. The van der Waals surface area contributed by atoms with E-state index in [9.17, 15) is 4.79 Å². The quantitative estimate of drug-likeness (QED) is 0.870. The number of thiophene rings is 1. The molecule has 0 bridgehead atoms. The van der Waals surface area contributed by atoms with Crippen molar-refractivity contribution in [3.8, 4) is 0 Å². The van der Waals surface area contributed by atoms with E-state index in [0.29, 0.717) is 12.0 Å². The summed E-state index contributed by atoms with van der Waals surface area (Å²) in [6.45, 7) is 9.57. The fourth-order valence-electron chi connectivity index (χ4n) is 2.72. The molecule has 1 atom stereocenters. The fourth-order valence-corrected chi connectivity index (χ4v) is 4.17. The third-order valence-corrected chi connectivity index (χ3v) is 6.07. The van der Waals surface area contributed by atoms with Gasteiger partial charge in [0.25, 0.3) is 5.91 Å². The molecule has 2 heterocycles. The van der Waals surface area contributed by atoms with E-state index in [1.165, 1.54) is 37.3 Å². The standard InChI is InChI=1S/C15H23BrN2OS/c1-10(2)12(18-6-4-5-7-18)9-17-15(19)13-8-11(3)14(16)20-13/h8,10,12H,4-7,9H2,1-3H3,(H,17,19). The Balaban J connectivity index is 1.93. The van der Waals surface area contributed by atoms with Crippen molar-refractivity contribution in [2.24, 2.45) is 5.92 Å². The second-order valence-corrected chi connectivity index (χ2v) is 8.20. The second-order valence-electron chi connectivity index (χ2n) is 5.83. The monoisotopic (exact) mass is 358 g/mol. The van der Waals surface area contributed by atoms with Crippen LogP contribution >= 0.6 is 27.3 Å². The molecule has 20 heavy (non-hydrogen) atoms. The smallest absolute Gasteiger partial charge is 0.261 e. The number of rotatable bonds is 5. The van der Waals surface area contributed by atoms with Gasteiger partial charge in [0.05, 0.1) is 8.66 Å². The van der Waals surface area contributed by atoms with Gasteiger partial charge in [-0.2, -0.15) is 0 Å². The van der Waals surface area contributed by atoms with Crippen molar-refractivity contribution >= 4 is 33.2 Å². The highest BCUT2D eigenvalue weighted by Crippen LogP contribution is 2.27. The van der Waals surface area contributed by atoms with Crippen molar-refractivity contribution in [1.82, 2.24) is 10.2 Å². The summed E-state index contributed by atoms with van der Waals surface area (Å²) in [7, 11) is 0. The van der Waals surface area contributed by atoms with Crippen LogP contribution in [0.5, 0.6) is 0 Å². The lowest BCUT2D eigenvalue weighted by molar-refractivity contribution is 0.0931. The first-order valence-electron chi connectivity index (χ1n) is 7.27. The van der Waals surface area contributed by atoms with Crippen LogP contribution in [-0.4, -0.2) is 36.5 Å². The van der Waals surface area contributed by atoms with Crippen LogP contribution in [0.1, 0.15) is 41.9 Å². The van der Waals surface area contributed by atoms with Gasteiger partial charge >= 0.3 is 0 Å². The molecule has 0 saturated carbocycles. The number of carbonyl (C=O) groups excluding carboxylic acids is 1. The highest BCUT2D eigenvalue weighted by molar-refractivity contribution is 9.11. The van der Waals surface area contributed by atoms with Gasteiger partial charge in [-0.15, -0.1) is 11.3 Å². The van der Waals surface area contributed by atoms with E-state index >= 15 is 0 Å². The van der Waals surface area contributed by atoms with Crippen LogP contribution in [0.15, 0.2) is 9.85 Å². The molecule has 1 aliphatic rings. The van der Waals surface area contributed by atoms with E-state index in [1.807, 2.05) is 13.0 Å². The Labute approximate surface area is 133 Å².